The van der Waals surface area contributed by atoms with Gasteiger partial charge < -0.3 is 24.3 Å². The number of fused-ring (bicyclic) bond motifs is 1. The van der Waals surface area contributed by atoms with Crippen molar-refractivity contribution in [3.63, 3.8) is 0 Å². The number of hydrogen-bond acceptors (Lipinski definition) is 9. The molecule has 0 saturated carbocycles. The zero-order valence-electron chi connectivity index (χ0n) is 23.5. The maximum absolute atomic E-state index is 13.1. The van der Waals surface area contributed by atoms with Crippen LogP contribution in [0.3, 0.4) is 0 Å². The Morgan fingerprint density at radius 1 is 0.800 bits per heavy atom. The van der Waals surface area contributed by atoms with E-state index in [0.29, 0.717) is 58.5 Å². The minimum Gasteiger partial charge on any atom is -0.382 e. The highest BCUT2D eigenvalue weighted by atomic mass is 16.6. The molecule has 11 nitrogen and oxygen atoms in total. The van der Waals surface area contributed by atoms with E-state index in [-0.39, 0.29) is 24.0 Å². The second-order valence-electron chi connectivity index (χ2n) is 9.82. The Kier molecular flexibility index (Phi) is 14.1. The van der Waals surface area contributed by atoms with E-state index in [4.69, 9.17) is 18.9 Å². The van der Waals surface area contributed by atoms with Crippen LogP contribution in [0.5, 0.6) is 0 Å². The van der Waals surface area contributed by atoms with Crippen LogP contribution < -0.4 is 10.6 Å². The molecule has 2 aliphatic rings. The van der Waals surface area contributed by atoms with Crippen LogP contribution in [0.4, 0.5) is 5.69 Å². The second-order valence-corrected chi connectivity index (χ2v) is 9.82. The maximum Gasteiger partial charge on any atom is 0.264 e. The highest BCUT2D eigenvalue weighted by Crippen LogP contribution is 2.32. The molecular weight excluding hydrogens is 518 g/mol. The molecule has 2 heterocycles. The van der Waals surface area contributed by atoms with Crippen LogP contribution in [0.2, 0.25) is 0 Å². The number of anilines is 1. The van der Waals surface area contributed by atoms with Crippen LogP contribution in [-0.4, -0.2) is 94.0 Å². The number of ether oxygens (including phenoxy) is 4. The van der Waals surface area contributed by atoms with Crippen molar-refractivity contribution in [1.82, 2.24) is 10.2 Å². The smallest absolute Gasteiger partial charge is 0.264 e. The van der Waals surface area contributed by atoms with Crippen molar-refractivity contribution in [2.75, 3.05) is 64.7 Å². The van der Waals surface area contributed by atoms with E-state index in [1.165, 1.54) is 32.1 Å². The van der Waals surface area contributed by atoms with Crippen molar-refractivity contribution in [3.05, 3.63) is 29.3 Å². The molecule has 2 aliphatic heterocycles. The summed E-state index contributed by atoms with van der Waals surface area (Å²) in [5, 5.41) is 5.34. The van der Waals surface area contributed by atoms with Crippen molar-refractivity contribution >= 4 is 29.3 Å². The summed E-state index contributed by atoms with van der Waals surface area (Å²) < 4.78 is 22.2. The molecule has 1 atom stereocenters. The zero-order chi connectivity index (χ0) is 28.6. The molecular formula is C29H43N3O8. The van der Waals surface area contributed by atoms with Gasteiger partial charge in [-0.05, 0) is 25.0 Å². The topological polar surface area (TPSA) is 132 Å². The average molecular weight is 562 g/mol. The Balaban J connectivity index is 1.22. The molecule has 2 N–H and O–H groups in total. The Bertz CT molecular complexity index is 986. The molecule has 0 aliphatic carbocycles. The first-order valence-electron chi connectivity index (χ1n) is 14.4. The molecule has 0 radical (unpaired) electrons. The van der Waals surface area contributed by atoms with E-state index in [0.717, 1.165) is 17.9 Å². The quantitative estimate of drug-likeness (QED) is 0.172. The Labute approximate surface area is 236 Å². The summed E-state index contributed by atoms with van der Waals surface area (Å²) in [4.78, 5) is 50.6. The standard InChI is InChI=1S/C29H43N3O8/c1-2-3-4-5-6-7-14-37-16-18-39-20-21-40-19-17-38-15-13-30-23-10-8-9-22-26(23)29(36)32(28(22)35)24-11-12-25(33)31-27(24)34/h8-10,24,30H,2-7,11-21H2,1H3,(H,31,33,34). The van der Waals surface area contributed by atoms with Gasteiger partial charge in [0.1, 0.15) is 6.04 Å². The normalized spacial score (nSPS) is 16.9. The zero-order valence-corrected chi connectivity index (χ0v) is 23.5. The molecule has 1 saturated heterocycles. The van der Waals surface area contributed by atoms with Gasteiger partial charge in [-0.15, -0.1) is 0 Å². The number of nitrogens with one attached hydrogen (secondary N) is 2. The van der Waals surface area contributed by atoms with Crippen molar-refractivity contribution in [1.29, 1.82) is 0 Å². The van der Waals surface area contributed by atoms with E-state index >= 15 is 0 Å². The van der Waals surface area contributed by atoms with Crippen molar-refractivity contribution in [2.24, 2.45) is 0 Å². The predicted octanol–water partition coefficient (Wildman–Crippen LogP) is 2.93. The lowest BCUT2D eigenvalue weighted by Gasteiger charge is -2.27. The third kappa shape index (κ3) is 9.65. The summed E-state index contributed by atoms with van der Waals surface area (Å²) in [7, 11) is 0. The Morgan fingerprint density at radius 2 is 1.43 bits per heavy atom. The number of carbonyl (C=O) groups excluding carboxylic acids is 4. The largest absolute Gasteiger partial charge is 0.382 e. The fourth-order valence-corrected chi connectivity index (χ4v) is 4.67. The molecule has 1 unspecified atom stereocenters. The minimum absolute atomic E-state index is 0.0807. The third-order valence-electron chi connectivity index (χ3n) is 6.79. The highest BCUT2D eigenvalue weighted by molar-refractivity contribution is 6.25. The molecule has 0 aromatic heterocycles. The number of unbranched alkanes of at least 4 members (excludes halogenated alkanes) is 5. The van der Waals surface area contributed by atoms with Gasteiger partial charge in [0.15, 0.2) is 0 Å². The van der Waals surface area contributed by atoms with Gasteiger partial charge in [0.05, 0.1) is 57.4 Å². The second kappa shape index (κ2) is 17.8. The summed E-state index contributed by atoms with van der Waals surface area (Å²) in [6.07, 6.45) is 7.73. The van der Waals surface area contributed by atoms with Gasteiger partial charge >= 0.3 is 0 Å². The fraction of sp³-hybridized carbons (Fsp3) is 0.655. The summed E-state index contributed by atoms with van der Waals surface area (Å²) in [5.74, 6) is -2.11. The first-order chi connectivity index (χ1) is 19.5. The van der Waals surface area contributed by atoms with Gasteiger partial charge in [-0.2, -0.15) is 0 Å². The first kappa shape index (κ1) is 31.7. The lowest BCUT2D eigenvalue weighted by molar-refractivity contribution is -0.136. The van der Waals surface area contributed by atoms with Crippen LogP contribution in [0.1, 0.15) is 79.0 Å². The van der Waals surface area contributed by atoms with Crippen molar-refractivity contribution in [2.45, 2.75) is 64.3 Å². The van der Waals surface area contributed by atoms with Crippen molar-refractivity contribution in [3.8, 4) is 0 Å². The lowest BCUT2D eigenvalue weighted by atomic mass is 10.0. The molecule has 1 fully saturated rings. The summed E-state index contributed by atoms with van der Waals surface area (Å²) in [6.45, 7) is 6.80. The van der Waals surface area contributed by atoms with Crippen LogP contribution >= 0.6 is 0 Å². The number of imide groups is 2. The highest BCUT2D eigenvalue weighted by Gasteiger charge is 2.45. The molecule has 0 spiro atoms. The third-order valence-corrected chi connectivity index (χ3v) is 6.79. The van der Waals surface area contributed by atoms with E-state index in [1.807, 2.05) is 0 Å². The Morgan fingerprint density at radius 3 is 2.10 bits per heavy atom. The molecule has 1 aromatic carbocycles. The van der Waals surface area contributed by atoms with E-state index in [2.05, 4.69) is 17.6 Å². The fourth-order valence-electron chi connectivity index (χ4n) is 4.67. The van der Waals surface area contributed by atoms with Gasteiger partial charge in [-0.3, -0.25) is 29.4 Å². The number of amides is 4. The average Bonchev–Trinajstić information content (AvgIpc) is 3.20. The minimum atomic E-state index is -0.991. The molecule has 40 heavy (non-hydrogen) atoms. The molecule has 4 amide bonds. The van der Waals surface area contributed by atoms with Gasteiger partial charge in [0.25, 0.3) is 11.8 Å². The van der Waals surface area contributed by atoms with Gasteiger partial charge in [0.2, 0.25) is 11.8 Å². The predicted molar refractivity (Wildman–Crippen MR) is 148 cm³/mol. The van der Waals surface area contributed by atoms with Crippen LogP contribution in [0.15, 0.2) is 18.2 Å². The van der Waals surface area contributed by atoms with Crippen molar-refractivity contribution < 1.29 is 38.1 Å². The monoisotopic (exact) mass is 561 g/mol. The summed E-state index contributed by atoms with van der Waals surface area (Å²) in [6, 6.07) is 3.96. The number of rotatable bonds is 21. The number of hydrogen-bond donors (Lipinski definition) is 2. The Hall–Kier alpha value is -2.86. The van der Waals surface area contributed by atoms with Gasteiger partial charge in [-0.1, -0.05) is 45.1 Å². The van der Waals surface area contributed by atoms with E-state index < -0.39 is 29.7 Å². The number of carbonyl (C=O) groups is 4. The van der Waals surface area contributed by atoms with Gasteiger partial charge in [-0.25, -0.2) is 0 Å². The summed E-state index contributed by atoms with van der Waals surface area (Å²) in [5.41, 5.74) is 0.965. The van der Waals surface area contributed by atoms with Gasteiger partial charge in [0, 0.05) is 25.3 Å². The number of benzene rings is 1. The first-order valence-corrected chi connectivity index (χ1v) is 14.4. The molecule has 11 heteroatoms. The van der Waals surface area contributed by atoms with Crippen LogP contribution in [-0.2, 0) is 28.5 Å². The maximum atomic E-state index is 13.1. The van der Waals surface area contributed by atoms with Crippen LogP contribution in [0.25, 0.3) is 0 Å². The molecule has 222 valence electrons. The summed E-state index contributed by atoms with van der Waals surface area (Å²) >= 11 is 0. The van der Waals surface area contributed by atoms with Crippen LogP contribution in [0, 0.1) is 0 Å². The molecule has 0 bridgehead atoms. The SMILES string of the molecule is CCCCCCCCOCCOCCOCCOCCNc1cccc2c1C(=O)N(C1CCC(=O)NC1=O)C2=O. The number of nitrogens with zero attached hydrogens (tertiary/aromatic N) is 1. The van der Waals surface area contributed by atoms with E-state index in [9.17, 15) is 19.2 Å². The molecule has 3 rings (SSSR count). The van der Waals surface area contributed by atoms with E-state index in [1.54, 1.807) is 18.2 Å². The molecule has 1 aromatic rings. The lowest BCUT2D eigenvalue weighted by Crippen LogP contribution is -2.54. The number of piperidine rings is 1.